The Morgan fingerprint density at radius 2 is 2.15 bits per heavy atom. The summed E-state index contributed by atoms with van der Waals surface area (Å²) >= 11 is 5.98. The molecule has 0 unspecified atom stereocenters. The molecule has 0 spiro atoms. The average molecular weight is 197 g/mol. The fourth-order valence-corrected chi connectivity index (χ4v) is 2.08. The molecule has 1 aromatic rings. The third-order valence-electron chi connectivity index (χ3n) is 2.40. The van der Waals surface area contributed by atoms with Gasteiger partial charge in [-0.05, 0) is 49.4 Å². The van der Waals surface area contributed by atoms with Gasteiger partial charge in [0.25, 0.3) is 0 Å². The predicted octanol–water partition coefficient (Wildman–Crippen LogP) is 3.36. The lowest BCUT2D eigenvalue weighted by Crippen LogP contribution is -1.96. The second-order valence-corrected chi connectivity index (χ2v) is 3.95. The zero-order chi connectivity index (χ0) is 9.26. The smallest absolute Gasteiger partial charge is 0.125 e. The first-order valence-electron chi connectivity index (χ1n) is 4.69. The number of hydrogen-bond acceptors (Lipinski definition) is 1. The van der Waals surface area contributed by atoms with E-state index in [0.29, 0.717) is 0 Å². The van der Waals surface area contributed by atoms with Crippen LogP contribution in [0.15, 0.2) is 12.1 Å². The standard InChI is InChI=1S/C11H13ClO/c1-8-6-10(12)7-9-4-2-3-5-13-11(8)9/h6-7H,2-5H2,1H3. The molecule has 0 amide bonds. The van der Waals surface area contributed by atoms with Gasteiger partial charge in [-0.1, -0.05) is 11.6 Å². The van der Waals surface area contributed by atoms with Crippen LogP contribution in [0.2, 0.25) is 5.02 Å². The van der Waals surface area contributed by atoms with Gasteiger partial charge < -0.3 is 4.74 Å². The van der Waals surface area contributed by atoms with Gasteiger partial charge in [-0.25, -0.2) is 0 Å². The normalized spacial score (nSPS) is 15.8. The van der Waals surface area contributed by atoms with Gasteiger partial charge in [0.1, 0.15) is 5.75 Å². The molecule has 0 fully saturated rings. The van der Waals surface area contributed by atoms with E-state index in [1.165, 1.54) is 12.0 Å². The Morgan fingerprint density at radius 1 is 1.31 bits per heavy atom. The van der Waals surface area contributed by atoms with Crippen LogP contribution in [0, 0.1) is 6.92 Å². The predicted molar refractivity (Wildman–Crippen MR) is 54.6 cm³/mol. The van der Waals surface area contributed by atoms with Gasteiger partial charge in [0, 0.05) is 5.02 Å². The van der Waals surface area contributed by atoms with Crippen LogP contribution in [0.5, 0.6) is 5.75 Å². The van der Waals surface area contributed by atoms with E-state index < -0.39 is 0 Å². The summed E-state index contributed by atoms with van der Waals surface area (Å²) < 4.78 is 5.68. The molecule has 0 saturated carbocycles. The molecule has 0 bridgehead atoms. The maximum absolute atomic E-state index is 5.98. The molecule has 0 aliphatic carbocycles. The number of fused-ring (bicyclic) bond motifs is 1. The van der Waals surface area contributed by atoms with Crippen molar-refractivity contribution in [2.24, 2.45) is 0 Å². The van der Waals surface area contributed by atoms with Crippen molar-refractivity contribution in [1.82, 2.24) is 0 Å². The highest BCUT2D eigenvalue weighted by atomic mass is 35.5. The maximum atomic E-state index is 5.98. The van der Waals surface area contributed by atoms with E-state index in [1.807, 2.05) is 12.1 Å². The van der Waals surface area contributed by atoms with Crippen LogP contribution in [-0.4, -0.2) is 6.61 Å². The van der Waals surface area contributed by atoms with Crippen molar-refractivity contribution in [2.75, 3.05) is 6.61 Å². The molecular weight excluding hydrogens is 184 g/mol. The van der Waals surface area contributed by atoms with Crippen molar-refractivity contribution in [3.8, 4) is 5.75 Å². The molecule has 1 nitrogen and oxygen atoms in total. The molecular formula is C11H13ClO. The molecule has 1 heterocycles. The van der Waals surface area contributed by atoms with Crippen LogP contribution in [-0.2, 0) is 6.42 Å². The Morgan fingerprint density at radius 3 is 3.00 bits per heavy atom. The molecule has 0 atom stereocenters. The topological polar surface area (TPSA) is 9.23 Å². The second-order valence-electron chi connectivity index (χ2n) is 3.52. The molecule has 1 aromatic carbocycles. The van der Waals surface area contributed by atoms with Crippen LogP contribution in [0.25, 0.3) is 0 Å². The molecule has 2 heteroatoms. The van der Waals surface area contributed by atoms with Crippen LogP contribution < -0.4 is 4.74 Å². The Balaban J connectivity index is 2.47. The molecule has 70 valence electrons. The van der Waals surface area contributed by atoms with E-state index in [1.54, 1.807) is 0 Å². The Kier molecular flexibility index (Phi) is 2.45. The third-order valence-corrected chi connectivity index (χ3v) is 2.62. The number of aryl methyl sites for hydroxylation is 2. The summed E-state index contributed by atoms with van der Waals surface area (Å²) in [7, 11) is 0. The molecule has 0 aromatic heterocycles. The van der Waals surface area contributed by atoms with Crippen LogP contribution >= 0.6 is 11.6 Å². The van der Waals surface area contributed by atoms with Crippen molar-refractivity contribution in [1.29, 1.82) is 0 Å². The van der Waals surface area contributed by atoms with Crippen molar-refractivity contribution >= 4 is 11.6 Å². The van der Waals surface area contributed by atoms with E-state index in [9.17, 15) is 0 Å². The number of halogens is 1. The summed E-state index contributed by atoms with van der Waals surface area (Å²) in [6.07, 6.45) is 3.44. The van der Waals surface area contributed by atoms with Gasteiger partial charge in [0.15, 0.2) is 0 Å². The quantitative estimate of drug-likeness (QED) is 0.618. The summed E-state index contributed by atoms with van der Waals surface area (Å²) in [6.45, 7) is 2.89. The number of rotatable bonds is 0. The Hall–Kier alpha value is -0.690. The van der Waals surface area contributed by atoms with Gasteiger partial charge >= 0.3 is 0 Å². The first-order chi connectivity index (χ1) is 6.27. The van der Waals surface area contributed by atoms with E-state index >= 15 is 0 Å². The van der Waals surface area contributed by atoms with Gasteiger partial charge in [0.05, 0.1) is 6.61 Å². The lowest BCUT2D eigenvalue weighted by Gasteiger charge is -2.10. The monoisotopic (exact) mass is 196 g/mol. The molecule has 0 radical (unpaired) electrons. The molecule has 0 N–H and O–H groups in total. The van der Waals surface area contributed by atoms with Crippen LogP contribution in [0.1, 0.15) is 24.0 Å². The van der Waals surface area contributed by atoms with E-state index in [0.717, 1.165) is 35.8 Å². The number of ether oxygens (including phenoxy) is 1. The Bertz CT molecular complexity index is 320. The lowest BCUT2D eigenvalue weighted by molar-refractivity contribution is 0.315. The average Bonchev–Trinajstić information content (AvgIpc) is 2.28. The lowest BCUT2D eigenvalue weighted by atomic mass is 10.1. The number of benzene rings is 1. The maximum Gasteiger partial charge on any atom is 0.125 e. The summed E-state index contributed by atoms with van der Waals surface area (Å²) in [5.74, 6) is 1.06. The van der Waals surface area contributed by atoms with E-state index in [2.05, 4.69) is 6.92 Å². The molecule has 2 rings (SSSR count). The van der Waals surface area contributed by atoms with Gasteiger partial charge in [-0.2, -0.15) is 0 Å². The van der Waals surface area contributed by atoms with Crippen LogP contribution in [0.3, 0.4) is 0 Å². The zero-order valence-corrected chi connectivity index (χ0v) is 8.53. The van der Waals surface area contributed by atoms with Crippen molar-refractivity contribution in [2.45, 2.75) is 26.2 Å². The molecule has 1 aliphatic rings. The second kappa shape index (κ2) is 3.59. The van der Waals surface area contributed by atoms with Gasteiger partial charge in [0.2, 0.25) is 0 Å². The van der Waals surface area contributed by atoms with Gasteiger partial charge in [-0.3, -0.25) is 0 Å². The first kappa shape index (κ1) is 8.89. The molecule has 1 aliphatic heterocycles. The minimum Gasteiger partial charge on any atom is -0.493 e. The highest BCUT2D eigenvalue weighted by Gasteiger charge is 2.11. The number of hydrogen-bond donors (Lipinski definition) is 0. The highest BCUT2D eigenvalue weighted by Crippen LogP contribution is 2.30. The summed E-state index contributed by atoms with van der Waals surface area (Å²) in [4.78, 5) is 0. The summed E-state index contributed by atoms with van der Waals surface area (Å²) in [6, 6.07) is 3.99. The molecule has 0 saturated heterocycles. The Labute approximate surface area is 83.7 Å². The minimum absolute atomic E-state index is 0.821. The summed E-state index contributed by atoms with van der Waals surface area (Å²) in [5, 5.41) is 0.821. The summed E-state index contributed by atoms with van der Waals surface area (Å²) in [5.41, 5.74) is 2.42. The van der Waals surface area contributed by atoms with Crippen LogP contribution in [0.4, 0.5) is 0 Å². The molecule has 13 heavy (non-hydrogen) atoms. The zero-order valence-electron chi connectivity index (χ0n) is 7.77. The highest BCUT2D eigenvalue weighted by molar-refractivity contribution is 6.30. The largest absolute Gasteiger partial charge is 0.493 e. The van der Waals surface area contributed by atoms with Gasteiger partial charge in [-0.15, -0.1) is 0 Å². The van der Waals surface area contributed by atoms with E-state index in [-0.39, 0.29) is 0 Å². The fraction of sp³-hybridized carbons (Fsp3) is 0.455. The SMILES string of the molecule is Cc1cc(Cl)cc2c1OCCCC2. The first-order valence-corrected chi connectivity index (χ1v) is 5.07. The minimum atomic E-state index is 0.821. The third kappa shape index (κ3) is 1.80. The van der Waals surface area contributed by atoms with Crippen molar-refractivity contribution in [3.63, 3.8) is 0 Å². The van der Waals surface area contributed by atoms with E-state index in [4.69, 9.17) is 16.3 Å². The fourth-order valence-electron chi connectivity index (χ4n) is 1.78. The van der Waals surface area contributed by atoms with Crippen molar-refractivity contribution < 1.29 is 4.74 Å². The van der Waals surface area contributed by atoms with Crippen molar-refractivity contribution in [3.05, 3.63) is 28.3 Å².